The average Bonchev–Trinajstić information content (AvgIpc) is 3.21. The number of nitrogens with one attached hydrogen (secondary N) is 1. The maximum Gasteiger partial charge on any atom is 0.230 e. The molecule has 1 fully saturated rings. The van der Waals surface area contributed by atoms with Gasteiger partial charge in [0.25, 0.3) is 0 Å². The Kier molecular flexibility index (Phi) is 6.72. The lowest BCUT2D eigenvalue weighted by molar-refractivity contribution is -0.122. The molecule has 1 heterocycles. The fourth-order valence-electron chi connectivity index (χ4n) is 4.34. The van der Waals surface area contributed by atoms with Crippen LogP contribution in [0.3, 0.4) is 0 Å². The second kappa shape index (κ2) is 9.87. The van der Waals surface area contributed by atoms with Crippen molar-refractivity contribution in [1.29, 1.82) is 0 Å². The lowest BCUT2D eigenvalue weighted by Crippen LogP contribution is -2.32. The van der Waals surface area contributed by atoms with Gasteiger partial charge >= 0.3 is 0 Å². The van der Waals surface area contributed by atoms with Crippen LogP contribution in [-0.2, 0) is 9.59 Å². The standard InChI is InChI=1S/C27H28N2O5/c1-17-5-14-24(34-4)23(15-17)28-27(31)22-16-25(30)29(19-8-12-21(33-3)13-9-19)26(22)18-6-10-20(32-2)11-7-18/h5-15,22,26H,16H2,1-4H3,(H,28,31)/t22-,26-/m1/s1. The summed E-state index contributed by atoms with van der Waals surface area (Å²) in [4.78, 5) is 28.5. The number of aryl methyl sites for hydroxylation is 1. The van der Waals surface area contributed by atoms with Crippen molar-refractivity contribution in [2.75, 3.05) is 31.5 Å². The van der Waals surface area contributed by atoms with Crippen LogP contribution in [0.4, 0.5) is 11.4 Å². The molecule has 34 heavy (non-hydrogen) atoms. The minimum atomic E-state index is -0.604. The zero-order valence-corrected chi connectivity index (χ0v) is 19.7. The number of amides is 2. The van der Waals surface area contributed by atoms with Crippen LogP contribution in [-0.4, -0.2) is 33.1 Å². The molecule has 2 amide bonds. The van der Waals surface area contributed by atoms with E-state index in [2.05, 4.69) is 5.32 Å². The number of anilines is 2. The van der Waals surface area contributed by atoms with E-state index in [4.69, 9.17) is 14.2 Å². The van der Waals surface area contributed by atoms with Gasteiger partial charge in [0, 0.05) is 12.1 Å². The van der Waals surface area contributed by atoms with Gasteiger partial charge in [-0.05, 0) is 66.6 Å². The van der Waals surface area contributed by atoms with Crippen LogP contribution in [0.5, 0.6) is 17.2 Å². The molecular formula is C27H28N2O5. The van der Waals surface area contributed by atoms with Gasteiger partial charge in [-0.2, -0.15) is 0 Å². The van der Waals surface area contributed by atoms with Crippen LogP contribution in [0.2, 0.25) is 0 Å². The second-order valence-corrected chi connectivity index (χ2v) is 8.18. The summed E-state index contributed by atoms with van der Waals surface area (Å²) in [6, 6.07) is 19.8. The van der Waals surface area contributed by atoms with Crippen LogP contribution >= 0.6 is 0 Å². The molecule has 1 aliphatic rings. The summed E-state index contributed by atoms with van der Waals surface area (Å²) in [5.41, 5.74) is 3.12. The maximum atomic E-state index is 13.5. The molecule has 0 radical (unpaired) electrons. The Hall–Kier alpha value is -4.00. The normalized spacial score (nSPS) is 17.4. The number of methoxy groups -OCH3 is 3. The topological polar surface area (TPSA) is 77.1 Å². The number of benzene rings is 3. The van der Waals surface area contributed by atoms with Crippen LogP contribution in [0, 0.1) is 12.8 Å². The fourth-order valence-corrected chi connectivity index (χ4v) is 4.34. The summed E-state index contributed by atoms with van der Waals surface area (Å²) in [5, 5.41) is 2.99. The first-order valence-electron chi connectivity index (χ1n) is 11.0. The highest BCUT2D eigenvalue weighted by Crippen LogP contribution is 2.43. The molecule has 1 aliphatic heterocycles. The van der Waals surface area contributed by atoms with Gasteiger partial charge in [-0.1, -0.05) is 18.2 Å². The predicted molar refractivity (Wildman–Crippen MR) is 131 cm³/mol. The van der Waals surface area contributed by atoms with E-state index in [1.165, 1.54) is 0 Å². The highest BCUT2D eigenvalue weighted by molar-refractivity contribution is 6.05. The molecule has 2 atom stereocenters. The van der Waals surface area contributed by atoms with Crippen molar-refractivity contribution in [3.63, 3.8) is 0 Å². The van der Waals surface area contributed by atoms with E-state index in [1.54, 1.807) is 38.4 Å². The smallest absolute Gasteiger partial charge is 0.230 e. The van der Waals surface area contributed by atoms with Crippen molar-refractivity contribution >= 4 is 23.2 Å². The Morgan fingerprint density at radius 2 is 1.50 bits per heavy atom. The Morgan fingerprint density at radius 1 is 0.882 bits per heavy atom. The molecule has 3 aromatic carbocycles. The third-order valence-corrected chi connectivity index (χ3v) is 6.08. The lowest BCUT2D eigenvalue weighted by Gasteiger charge is -2.29. The van der Waals surface area contributed by atoms with E-state index in [0.29, 0.717) is 28.6 Å². The van der Waals surface area contributed by atoms with E-state index >= 15 is 0 Å². The minimum absolute atomic E-state index is 0.0860. The van der Waals surface area contributed by atoms with Gasteiger partial charge in [0.1, 0.15) is 17.2 Å². The number of carbonyl (C=O) groups excluding carboxylic acids is 2. The van der Waals surface area contributed by atoms with Crippen molar-refractivity contribution in [2.45, 2.75) is 19.4 Å². The summed E-state index contributed by atoms with van der Waals surface area (Å²) in [5.74, 6) is 0.993. The van der Waals surface area contributed by atoms with Crippen LogP contribution in [0.15, 0.2) is 66.7 Å². The predicted octanol–water partition coefficient (Wildman–Crippen LogP) is 4.75. The van der Waals surface area contributed by atoms with Crippen LogP contribution in [0.25, 0.3) is 0 Å². The molecule has 7 heteroatoms. The van der Waals surface area contributed by atoms with E-state index < -0.39 is 12.0 Å². The van der Waals surface area contributed by atoms with E-state index in [1.807, 2.05) is 61.5 Å². The summed E-state index contributed by atoms with van der Waals surface area (Å²) in [6.45, 7) is 1.94. The number of rotatable bonds is 7. The third kappa shape index (κ3) is 4.55. The first-order valence-corrected chi connectivity index (χ1v) is 11.0. The van der Waals surface area contributed by atoms with Crippen molar-refractivity contribution in [3.8, 4) is 17.2 Å². The van der Waals surface area contributed by atoms with Gasteiger partial charge in [-0.25, -0.2) is 0 Å². The van der Waals surface area contributed by atoms with Gasteiger partial charge in [0.05, 0.1) is 39.0 Å². The largest absolute Gasteiger partial charge is 0.497 e. The van der Waals surface area contributed by atoms with Crippen molar-refractivity contribution in [3.05, 3.63) is 77.9 Å². The monoisotopic (exact) mass is 460 g/mol. The molecule has 176 valence electrons. The lowest BCUT2D eigenvalue weighted by atomic mass is 9.92. The molecule has 7 nitrogen and oxygen atoms in total. The molecule has 0 saturated carbocycles. The molecule has 4 rings (SSSR count). The number of nitrogens with zero attached hydrogens (tertiary/aromatic N) is 1. The van der Waals surface area contributed by atoms with Gasteiger partial charge in [-0.3, -0.25) is 9.59 Å². The summed E-state index contributed by atoms with van der Waals surface area (Å²) in [6.07, 6.45) is 0.0860. The summed E-state index contributed by atoms with van der Waals surface area (Å²) >= 11 is 0. The zero-order valence-electron chi connectivity index (χ0n) is 19.7. The fraction of sp³-hybridized carbons (Fsp3) is 0.259. The first kappa shape index (κ1) is 23.2. The Bertz CT molecular complexity index is 1170. The molecule has 3 aromatic rings. The maximum absolute atomic E-state index is 13.5. The first-order chi connectivity index (χ1) is 16.4. The number of hydrogen-bond acceptors (Lipinski definition) is 5. The quantitative estimate of drug-likeness (QED) is 0.550. The number of carbonyl (C=O) groups is 2. The molecule has 0 unspecified atom stereocenters. The van der Waals surface area contributed by atoms with Gasteiger partial charge in [0.2, 0.25) is 11.8 Å². The van der Waals surface area contributed by atoms with E-state index in [0.717, 1.165) is 11.1 Å². The summed E-state index contributed by atoms with van der Waals surface area (Å²) < 4.78 is 16.0. The molecule has 1 N–H and O–H groups in total. The minimum Gasteiger partial charge on any atom is -0.497 e. The van der Waals surface area contributed by atoms with E-state index in [9.17, 15) is 9.59 Å². The highest BCUT2D eigenvalue weighted by atomic mass is 16.5. The average molecular weight is 461 g/mol. The SMILES string of the molecule is COc1ccc([C@@H]2[C@H](C(=O)Nc3cc(C)ccc3OC)CC(=O)N2c2ccc(OC)cc2)cc1. The molecule has 0 spiro atoms. The number of ether oxygens (including phenoxy) is 3. The van der Waals surface area contributed by atoms with Crippen LogP contribution in [0.1, 0.15) is 23.6 Å². The summed E-state index contributed by atoms with van der Waals surface area (Å²) in [7, 11) is 4.75. The van der Waals surface area contributed by atoms with Crippen molar-refractivity contribution in [2.24, 2.45) is 5.92 Å². The van der Waals surface area contributed by atoms with Gasteiger partial charge in [0.15, 0.2) is 0 Å². The molecule has 1 saturated heterocycles. The molecule has 0 bridgehead atoms. The van der Waals surface area contributed by atoms with E-state index in [-0.39, 0.29) is 18.2 Å². The van der Waals surface area contributed by atoms with Gasteiger partial charge < -0.3 is 24.4 Å². The highest BCUT2D eigenvalue weighted by Gasteiger charge is 2.45. The third-order valence-electron chi connectivity index (χ3n) is 6.08. The Morgan fingerprint density at radius 3 is 2.09 bits per heavy atom. The van der Waals surface area contributed by atoms with Gasteiger partial charge in [-0.15, -0.1) is 0 Å². The molecule has 0 aliphatic carbocycles. The Balaban J connectivity index is 1.72. The molecule has 0 aromatic heterocycles. The van der Waals surface area contributed by atoms with Crippen molar-refractivity contribution in [1.82, 2.24) is 0 Å². The molecular weight excluding hydrogens is 432 g/mol. The van der Waals surface area contributed by atoms with Crippen LogP contribution < -0.4 is 24.4 Å². The Labute approximate surface area is 199 Å². The second-order valence-electron chi connectivity index (χ2n) is 8.18. The zero-order chi connectivity index (χ0) is 24.2. The van der Waals surface area contributed by atoms with Crippen molar-refractivity contribution < 1.29 is 23.8 Å². The number of hydrogen-bond donors (Lipinski definition) is 1.